The predicted molar refractivity (Wildman–Crippen MR) is 50.1 cm³/mol. The second kappa shape index (κ2) is 7.62. The molecule has 0 aliphatic heterocycles. The summed E-state index contributed by atoms with van der Waals surface area (Å²) in [6.07, 6.45) is 2.80. The molecule has 0 aromatic carbocycles. The van der Waals surface area contributed by atoms with Gasteiger partial charge >= 0.3 is 11.9 Å². The minimum absolute atomic E-state index is 0.0647. The van der Waals surface area contributed by atoms with Gasteiger partial charge in [0.25, 0.3) is 0 Å². The molecule has 74 valence electrons. The molecular formula is C10H10O4. The van der Waals surface area contributed by atoms with Crippen LogP contribution in [-0.2, 0) is 19.1 Å². The average molecular weight is 194 g/mol. The maximum Gasteiger partial charge on any atom is 0.385 e. The Labute approximate surface area is 82.2 Å². The van der Waals surface area contributed by atoms with Gasteiger partial charge in [-0.1, -0.05) is 25.3 Å². The van der Waals surface area contributed by atoms with E-state index in [2.05, 4.69) is 22.6 Å². The Hall–Kier alpha value is -2.02. The van der Waals surface area contributed by atoms with Crippen molar-refractivity contribution in [1.82, 2.24) is 0 Å². The third kappa shape index (κ3) is 6.68. The lowest BCUT2D eigenvalue weighted by Crippen LogP contribution is -2.04. The minimum Gasteiger partial charge on any atom is -0.452 e. The summed E-state index contributed by atoms with van der Waals surface area (Å²) in [5.74, 6) is 2.33. The van der Waals surface area contributed by atoms with Gasteiger partial charge in [-0.3, -0.25) is 0 Å². The molecule has 4 heteroatoms. The van der Waals surface area contributed by atoms with Crippen molar-refractivity contribution in [1.29, 1.82) is 0 Å². The van der Waals surface area contributed by atoms with Crippen molar-refractivity contribution in [3.05, 3.63) is 25.3 Å². The van der Waals surface area contributed by atoms with Gasteiger partial charge in [0.05, 0.1) is 0 Å². The van der Waals surface area contributed by atoms with Crippen molar-refractivity contribution >= 4 is 11.9 Å². The van der Waals surface area contributed by atoms with Crippen molar-refractivity contribution in [2.75, 3.05) is 13.2 Å². The minimum atomic E-state index is -0.791. The van der Waals surface area contributed by atoms with Crippen molar-refractivity contribution in [2.45, 2.75) is 0 Å². The monoisotopic (exact) mass is 194 g/mol. The number of carbonyl (C=O) groups is 2. The summed E-state index contributed by atoms with van der Waals surface area (Å²) in [6, 6.07) is 0. The van der Waals surface area contributed by atoms with Crippen molar-refractivity contribution in [3.8, 4) is 11.8 Å². The van der Waals surface area contributed by atoms with Crippen LogP contribution in [-0.4, -0.2) is 25.2 Å². The number of hydrogen-bond acceptors (Lipinski definition) is 4. The SMILES string of the molecule is C=CCOC(=O)C#CC(=O)OCC=C. The largest absolute Gasteiger partial charge is 0.452 e. The predicted octanol–water partition coefficient (Wildman–Crippen LogP) is 0.448. The fourth-order valence-corrected chi connectivity index (χ4v) is 0.443. The molecule has 0 rings (SSSR count). The van der Waals surface area contributed by atoms with E-state index in [1.54, 1.807) is 0 Å². The first-order chi connectivity index (χ1) is 6.70. The summed E-state index contributed by atoms with van der Waals surface area (Å²) < 4.78 is 8.98. The summed E-state index contributed by atoms with van der Waals surface area (Å²) >= 11 is 0. The van der Waals surface area contributed by atoms with Gasteiger partial charge < -0.3 is 9.47 Å². The lowest BCUT2D eigenvalue weighted by molar-refractivity contribution is -0.137. The fourth-order valence-electron chi connectivity index (χ4n) is 0.443. The number of carbonyl (C=O) groups excluding carboxylic acids is 2. The first-order valence-corrected chi connectivity index (χ1v) is 3.78. The maximum absolute atomic E-state index is 10.7. The highest BCUT2D eigenvalue weighted by Gasteiger charge is 1.97. The van der Waals surface area contributed by atoms with Gasteiger partial charge in [-0.25, -0.2) is 9.59 Å². The number of ether oxygens (including phenoxy) is 2. The molecule has 0 heterocycles. The highest BCUT2D eigenvalue weighted by atomic mass is 16.5. The Kier molecular flexibility index (Phi) is 6.52. The van der Waals surface area contributed by atoms with Crippen LogP contribution < -0.4 is 0 Å². The molecule has 14 heavy (non-hydrogen) atoms. The lowest BCUT2D eigenvalue weighted by Gasteiger charge is -1.93. The number of rotatable bonds is 4. The van der Waals surface area contributed by atoms with Crippen molar-refractivity contribution in [3.63, 3.8) is 0 Å². The molecular weight excluding hydrogens is 184 g/mol. The van der Waals surface area contributed by atoms with Crippen molar-refractivity contribution < 1.29 is 19.1 Å². The second-order valence-electron chi connectivity index (χ2n) is 2.02. The van der Waals surface area contributed by atoms with E-state index in [4.69, 9.17) is 0 Å². The summed E-state index contributed by atoms with van der Waals surface area (Å²) in [4.78, 5) is 21.4. The van der Waals surface area contributed by atoms with E-state index < -0.39 is 11.9 Å². The lowest BCUT2D eigenvalue weighted by atomic mass is 10.5. The average Bonchev–Trinajstić information content (AvgIpc) is 2.20. The van der Waals surface area contributed by atoms with Crippen LogP contribution in [0.5, 0.6) is 0 Å². The Bertz CT molecular complexity index is 265. The fraction of sp³-hybridized carbons (Fsp3) is 0.200. The van der Waals surface area contributed by atoms with E-state index in [9.17, 15) is 9.59 Å². The van der Waals surface area contributed by atoms with Crippen molar-refractivity contribution in [2.24, 2.45) is 0 Å². The Morgan fingerprint density at radius 3 is 1.64 bits per heavy atom. The highest BCUT2D eigenvalue weighted by Crippen LogP contribution is 1.79. The molecule has 0 aromatic heterocycles. The molecule has 0 atom stereocenters. The highest BCUT2D eigenvalue weighted by molar-refractivity contribution is 5.98. The molecule has 0 aromatic rings. The van der Waals surface area contributed by atoms with Crippen LogP contribution in [0.2, 0.25) is 0 Å². The van der Waals surface area contributed by atoms with E-state index in [0.29, 0.717) is 0 Å². The second-order valence-corrected chi connectivity index (χ2v) is 2.02. The van der Waals surface area contributed by atoms with Crippen LogP contribution in [0.3, 0.4) is 0 Å². The van der Waals surface area contributed by atoms with Crippen LogP contribution in [0.1, 0.15) is 0 Å². The van der Waals surface area contributed by atoms with Gasteiger partial charge in [0.2, 0.25) is 0 Å². The summed E-state index contributed by atoms with van der Waals surface area (Å²) in [7, 11) is 0. The van der Waals surface area contributed by atoms with Gasteiger partial charge in [0, 0.05) is 11.8 Å². The van der Waals surface area contributed by atoms with E-state index in [0.717, 1.165) is 0 Å². The van der Waals surface area contributed by atoms with Crippen LogP contribution >= 0.6 is 0 Å². The molecule has 0 fully saturated rings. The van der Waals surface area contributed by atoms with Gasteiger partial charge in [-0.15, -0.1) is 0 Å². The van der Waals surface area contributed by atoms with E-state index in [1.807, 2.05) is 11.8 Å². The topological polar surface area (TPSA) is 52.6 Å². The summed E-state index contributed by atoms with van der Waals surface area (Å²) in [6.45, 7) is 6.81. The molecule has 4 nitrogen and oxygen atoms in total. The molecule has 0 radical (unpaired) electrons. The molecule has 0 bridgehead atoms. The van der Waals surface area contributed by atoms with E-state index in [-0.39, 0.29) is 13.2 Å². The van der Waals surface area contributed by atoms with Gasteiger partial charge in [-0.2, -0.15) is 0 Å². The molecule has 0 N–H and O–H groups in total. The van der Waals surface area contributed by atoms with Crippen LogP contribution in [0.25, 0.3) is 0 Å². The molecule has 0 amide bonds. The van der Waals surface area contributed by atoms with Gasteiger partial charge in [-0.05, 0) is 0 Å². The quantitative estimate of drug-likeness (QED) is 0.282. The number of hydrogen-bond donors (Lipinski definition) is 0. The first-order valence-electron chi connectivity index (χ1n) is 3.78. The molecule has 0 spiro atoms. The molecule has 0 aliphatic rings. The first kappa shape index (κ1) is 12.0. The zero-order chi connectivity index (χ0) is 10.8. The smallest absolute Gasteiger partial charge is 0.385 e. The zero-order valence-electron chi connectivity index (χ0n) is 7.62. The van der Waals surface area contributed by atoms with Gasteiger partial charge in [0.15, 0.2) is 0 Å². The Morgan fingerprint density at radius 2 is 1.36 bits per heavy atom. The molecule has 0 saturated heterocycles. The van der Waals surface area contributed by atoms with Crippen LogP contribution in [0.15, 0.2) is 25.3 Å². The van der Waals surface area contributed by atoms with Crippen LogP contribution in [0.4, 0.5) is 0 Å². The third-order valence-electron chi connectivity index (χ3n) is 0.931. The Balaban J connectivity index is 3.89. The normalized spacial score (nSPS) is 7.71. The zero-order valence-corrected chi connectivity index (χ0v) is 7.62. The van der Waals surface area contributed by atoms with Crippen LogP contribution in [0, 0.1) is 11.8 Å². The summed E-state index contributed by atoms with van der Waals surface area (Å²) in [5.41, 5.74) is 0. The molecule has 0 unspecified atom stereocenters. The third-order valence-corrected chi connectivity index (χ3v) is 0.931. The Morgan fingerprint density at radius 1 is 1.00 bits per heavy atom. The van der Waals surface area contributed by atoms with E-state index >= 15 is 0 Å². The van der Waals surface area contributed by atoms with E-state index in [1.165, 1.54) is 12.2 Å². The molecule has 0 aliphatic carbocycles. The standard InChI is InChI=1S/C10H10O4/c1-3-7-13-9(11)5-6-10(12)14-8-4-2/h3-4H,1-2,7-8H2. The van der Waals surface area contributed by atoms with Gasteiger partial charge in [0.1, 0.15) is 13.2 Å². The maximum atomic E-state index is 10.7. The number of esters is 2. The summed E-state index contributed by atoms with van der Waals surface area (Å²) in [5, 5.41) is 0. The molecule has 0 saturated carbocycles.